The number of nitrogens with two attached hydrogens (primary N) is 1. The standard InChI is InChI=1S/C17H20F4N4O/c1-9(2)25-8-13(15(24-25)17(19,20)21)16(26)23-7-12-5-4-11(6-22)14(18)10(12)3/h4-5,8-9H,6-7,22H2,1-3H3,(H,23,26). The second-order valence-electron chi connectivity index (χ2n) is 6.17. The van der Waals surface area contributed by atoms with Gasteiger partial charge in [0.05, 0.1) is 5.56 Å². The van der Waals surface area contributed by atoms with Crippen LogP contribution in [0, 0.1) is 12.7 Å². The zero-order chi connectivity index (χ0) is 19.6. The van der Waals surface area contributed by atoms with Crippen LogP contribution in [0.3, 0.4) is 0 Å². The minimum Gasteiger partial charge on any atom is -0.348 e. The topological polar surface area (TPSA) is 72.9 Å². The van der Waals surface area contributed by atoms with E-state index in [1.807, 2.05) is 0 Å². The third kappa shape index (κ3) is 4.04. The first-order valence-corrected chi connectivity index (χ1v) is 7.97. The molecule has 0 aliphatic heterocycles. The van der Waals surface area contributed by atoms with Crippen molar-refractivity contribution in [1.29, 1.82) is 0 Å². The number of hydrogen-bond donors (Lipinski definition) is 2. The van der Waals surface area contributed by atoms with Crippen LogP contribution in [0.5, 0.6) is 0 Å². The molecule has 1 aromatic heterocycles. The number of aromatic nitrogens is 2. The Bertz CT molecular complexity index is 812. The number of hydrogen-bond acceptors (Lipinski definition) is 3. The van der Waals surface area contributed by atoms with E-state index in [-0.39, 0.29) is 19.1 Å². The van der Waals surface area contributed by atoms with Crippen molar-refractivity contribution in [1.82, 2.24) is 15.1 Å². The molecule has 0 unspecified atom stereocenters. The summed E-state index contributed by atoms with van der Waals surface area (Å²) in [7, 11) is 0. The summed E-state index contributed by atoms with van der Waals surface area (Å²) in [6, 6.07) is 2.74. The molecule has 2 aromatic rings. The Morgan fingerprint density at radius 1 is 1.31 bits per heavy atom. The summed E-state index contributed by atoms with van der Waals surface area (Å²) in [5, 5.41) is 5.86. The van der Waals surface area contributed by atoms with E-state index in [1.165, 1.54) is 13.0 Å². The number of benzene rings is 1. The van der Waals surface area contributed by atoms with Crippen LogP contribution in [0.4, 0.5) is 17.6 Å². The van der Waals surface area contributed by atoms with Gasteiger partial charge in [-0.15, -0.1) is 0 Å². The highest BCUT2D eigenvalue weighted by Crippen LogP contribution is 2.31. The summed E-state index contributed by atoms with van der Waals surface area (Å²) in [5.41, 5.74) is 4.69. The van der Waals surface area contributed by atoms with Gasteiger partial charge in [-0.25, -0.2) is 4.39 Å². The molecule has 142 valence electrons. The zero-order valence-corrected chi connectivity index (χ0v) is 14.6. The van der Waals surface area contributed by atoms with Crippen LogP contribution in [0.1, 0.15) is 52.6 Å². The van der Waals surface area contributed by atoms with Crippen molar-refractivity contribution in [3.63, 3.8) is 0 Å². The van der Waals surface area contributed by atoms with E-state index in [0.717, 1.165) is 10.9 Å². The van der Waals surface area contributed by atoms with Crippen molar-refractivity contribution in [3.05, 3.63) is 52.1 Å². The highest BCUT2D eigenvalue weighted by Gasteiger charge is 2.39. The quantitative estimate of drug-likeness (QED) is 0.791. The largest absolute Gasteiger partial charge is 0.435 e. The van der Waals surface area contributed by atoms with Crippen molar-refractivity contribution < 1.29 is 22.4 Å². The van der Waals surface area contributed by atoms with Gasteiger partial charge in [0.25, 0.3) is 5.91 Å². The normalized spacial score (nSPS) is 11.9. The maximum Gasteiger partial charge on any atom is 0.435 e. The van der Waals surface area contributed by atoms with Crippen molar-refractivity contribution >= 4 is 5.91 Å². The molecule has 5 nitrogen and oxygen atoms in total. The van der Waals surface area contributed by atoms with E-state index in [9.17, 15) is 22.4 Å². The molecule has 0 bridgehead atoms. The first-order valence-electron chi connectivity index (χ1n) is 7.97. The minimum absolute atomic E-state index is 0.0304. The lowest BCUT2D eigenvalue weighted by Gasteiger charge is -2.11. The van der Waals surface area contributed by atoms with Crippen LogP contribution in [-0.4, -0.2) is 15.7 Å². The molecule has 0 radical (unpaired) electrons. The Labute approximate surface area is 148 Å². The molecule has 26 heavy (non-hydrogen) atoms. The predicted octanol–water partition coefficient (Wildman–Crippen LogP) is 3.32. The number of amides is 1. The third-order valence-electron chi connectivity index (χ3n) is 4.01. The van der Waals surface area contributed by atoms with Gasteiger partial charge in [0.15, 0.2) is 5.69 Å². The maximum atomic E-state index is 14.1. The SMILES string of the molecule is Cc1c(CNC(=O)c2cn(C(C)C)nc2C(F)(F)F)ccc(CN)c1F. The highest BCUT2D eigenvalue weighted by atomic mass is 19.4. The lowest BCUT2D eigenvalue weighted by atomic mass is 10.0. The van der Waals surface area contributed by atoms with E-state index >= 15 is 0 Å². The maximum absolute atomic E-state index is 14.1. The number of halogens is 4. The van der Waals surface area contributed by atoms with Gasteiger partial charge in [-0.3, -0.25) is 9.48 Å². The highest BCUT2D eigenvalue weighted by molar-refractivity contribution is 5.95. The third-order valence-corrected chi connectivity index (χ3v) is 4.01. The molecule has 0 atom stereocenters. The van der Waals surface area contributed by atoms with Gasteiger partial charge in [0.1, 0.15) is 5.82 Å². The summed E-state index contributed by atoms with van der Waals surface area (Å²) < 4.78 is 54.5. The Morgan fingerprint density at radius 2 is 1.92 bits per heavy atom. The van der Waals surface area contributed by atoms with E-state index in [1.54, 1.807) is 19.9 Å². The molecule has 1 amide bonds. The van der Waals surface area contributed by atoms with Crippen molar-refractivity contribution in [2.75, 3.05) is 0 Å². The van der Waals surface area contributed by atoms with Gasteiger partial charge in [0.2, 0.25) is 0 Å². The van der Waals surface area contributed by atoms with E-state index in [4.69, 9.17) is 5.73 Å². The molecule has 0 aliphatic rings. The van der Waals surface area contributed by atoms with Crippen LogP contribution >= 0.6 is 0 Å². The summed E-state index contributed by atoms with van der Waals surface area (Å²) >= 11 is 0. The van der Waals surface area contributed by atoms with Crippen LogP contribution < -0.4 is 11.1 Å². The smallest absolute Gasteiger partial charge is 0.348 e. The van der Waals surface area contributed by atoms with Gasteiger partial charge in [-0.1, -0.05) is 12.1 Å². The van der Waals surface area contributed by atoms with E-state index < -0.39 is 29.2 Å². The lowest BCUT2D eigenvalue weighted by molar-refractivity contribution is -0.141. The number of nitrogens with one attached hydrogen (secondary N) is 1. The summed E-state index contributed by atoms with van der Waals surface area (Å²) in [6.07, 6.45) is -3.69. The van der Waals surface area contributed by atoms with E-state index in [0.29, 0.717) is 16.7 Å². The van der Waals surface area contributed by atoms with Gasteiger partial charge in [-0.05, 0) is 31.9 Å². The van der Waals surface area contributed by atoms with Crippen LogP contribution in [-0.2, 0) is 19.3 Å². The second kappa shape index (κ2) is 7.45. The van der Waals surface area contributed by atoms with Gasteiger partial charge >= 0.3 is 6.18 Å². The number of rotatable bonds is 5. The first kappa shape index (κ1) is 19.9. The van der Waals surface area contributed by atoms with Crippen molar-refractivity contribution in [3.8, 4) is 0 Å². The molecule has 0 fully saturated rings. The Balaban J connectivity index is 2.25. The summed E-state index contributed by atoms with van der Waals surface area (Å²) in [5.74, 6) is -1.41. The molecule has 2 rings (SSSR count). The number of alkyl halides is 3. The molecule has 0 saturated carbocycles. The van der Waals surface area contributed by atoms with Crippen LogP contribution in [0.15, 0.2) is 18.3 Å². The van der Waals surface area contributed by atoms with Gasteiger partial charge in [-0.2, -0.15) is 18.3 Å². The van der Waals surface area contributed by atoms with Crippen molar-refractivity contribution in [2.45, 2.75) is 46.1 Å². The monoisotopic (exact) mass is 372 g/mol. The molecular weight excluding hydrogens is 352 g/mol. The lowest BCUT2D eigenvalue weighted by Crippen LogP contribution is -2.25. The fourth-order valence-electron chi connectivity index (χ4n) is 2.43. The average molecular weight is 372 g/mol. The molecule has 0 aliphatic carbocycles. The zero-order valence-electron chi connectivity index (χ0n) is 14.6. The Kier molecular flexibility index (Phi) is 5.70. The number of nitrogens with zero attached hydrogens (tertiary/aromatic N) is 2. The summed E-state index contributed by atoms with van der Waals surface area (Å²) in [4.78, 5) is 12.3. The fraction of sp³-hybridized carbons (Fsp3) is 0.412. The number of carbonyl (C=O) groups is 1. The fourth-order valence-corrected chi connectivity index (χ4v) is 2.43. The van der Waals surface area contributed by atoms with Crippen molar-refractivity contribution in [2.24, 2.45) is 5.73 Å². The Morgan fingerprint density at radius 3 is 2.46 bits per heavy atom. The van der Waals surface area contributed by atoms with Crippen LogP contribution in [0.25, 0.3) is 0 Å². The molecule has 0 spiro atoms. The molecule has 0 saturated heterocycles. The van der Waals surface area contributed by atoms with Crippen LogP contribution in [0.2, 0.25) is 0 Å². The minimum atomic E-state index is -4.75. The molecule has 1 aromatic carbocycles. The molecule has 3 N–H and O–H groups in total. The van der Waals surface area contributed by atoms with E-state index in [2.05, 4.69) is 10.4 Å². The number of carbonyl (C=O) groups excluding carboxylic acids is 1. The predicted molar refractivity (Wildman–Crippen MR) is 87.8 cm³/mol. The first-order chi connectivity index (χ1) is 12.1. The molecule has 1 heterocycles. The average Bonchev–Trinajstić information content (AvgIpc) is 3.02. The summed E-state index contributed by atoms with van der Waals surface area (Å²) in [6.45, 7) is 4.74. The molecular formula is C17H20F4N4O. The van der Waals surface area contributed by atoms with Gasteiger partial charge in [0, 0.05) is 30.9 Å². The molecule has 9 heteroatoms. The second-order valence-corrected chi connectivity index (χ2v) is 6.17. The Hall–Kier alpha value is -2.42. The van der Waals surface area contributed by atoms with Gasteiger partial charge < -0.3 is 11.1 Å².